The summed E-state index contributed by atoms with van der Waals surface area (Å²) in [6, 6.07) is 11.6. The largest absolute Gasteiger partial charge is 0.491 e. The Morgan fingerprint density at radius 2 is 1.97 bits per heavy atom. The van der Waals surface area contributed by atoms with Crippen molar-refractivity contribution >= 4 is 16.8 Å². The molecule has 1 aliphatic rings. The Kier molecular flexibility index (Phi) is 6.23. The maximum absolute atomic E-state index is 12.9. The quantitative estimate of drug-likeness (QED) is 0.664. The second-order valence-electron chi connectivity index (χ2n) is 7.87. The summed E-state index contributed by atoms with van der Waals surface area (Å²) in [6.45, 7) is 5.91. The number of pyridine rings is 2. The molecule has 0 bridgehead atoms. The number of fused-ring (bicyclic) bond motifs is 1. The van der Waals surface area contributed by atoms with Crippen molar-refractivity contribution in [3.05, 3.63) is 65.6 Å². The van der Waals surface area contributed by atoms with E-state index >= 15 is 0 Å². The molecule has 30 heavy (non-hydrogen) atoms. The first-order valence-corrected chi connectivity index (χ1v) is 10.5. The van der Waals surface area contributed by atoms with Crippen molar-refractivity contribution in [2.24, 2.45) is 0 Å². The molecule has 0 atom stereocenters. The monoisotopic (exact) mass is 405 g/mol. The van der Waals surface area contributed by atoms with Gasteiger partial charge in [-0.3, -0.25) is 9.78 Å². The number of benzene rings is 1. The van der Waals surface area contributed by atoms with Gasteiger partial charge in [0, 0.05) is 37.5 Å². The topological polar surface area (TPSA) is 73.3 Å². The Balaban J connectivity index is 1.51. The van der Waals surface area contributed by atoms with Gasteiger partial charge >= 0.3 is 0 Å². The molecular weight excluding hydrogens is 378 g/mol. The summed E-state index contributed by atoms with van der Waals surface area (Å²) >= 11 is 0. The van der Waals surface area contributed by atoms with E-state index in [1.165, 1.54) is 0 Å². The van der Waals surface area contributed by atoms with E-state index in [-0.39, 0.29) is 12.0 Å². The van der Waals surface area contributed by atoms with Crippen LogP contribution in [0.3, 0.4) is 0 Å². The smallest absolute Gasteiger partial charge is 0.270 e. The Bertz CT molecular complexity index is 1010. The van der Waals surface area contributed by atoms with E-state index < -0.39 is 0 Å². The molecule has 0 aliphatic carbocycles. The molecule has 1 saturated heterocycles. The number of carbonyl (C=O) groups is 1. The number of carbonyl (C=O) groups excluding carboxylic acids is 1. The SMILES string of the molecule is CC(C)Oc1ccc(CNC(=O)c2cc(C3CCOCC3)c3cnccc3n2)cc1. The molecule has 3 heterocycles. The van der Waals surface area contributed by atoms with Crippen LogP contribution >= 0.6 is 0 Å². The standard InChI is InChI=1S/C24H27N3O3/c1-16(2)30-19-5-3-17(4-6-19)14-26-24(28)23-13-20(18-8-11-29-12-9-18)21-15-25-10-7-22(21)27-23/h3-7,10,13,15-16,18H,8-9,11-12,14H2,1-2H3,(H,26,28). The number of nitrogens with one attached hydrogen (secondary N) is 1. The molecule has 1 aromatic carbocycles. The molecule has 0 radical (unpaired) electrons. The third-order valence-corrected chi connectivity index (χ3v) is 5.28. The first-order valence-electron chi connectivity index (χ1n) is 10.5. The highest BCUT2D eigenvalue weighted by atomic mass is 16.5. The zero-order valence-corrected chi connectivity index (χ0v) is 17.4. The normalized spacial score (nSPS) is 14.8. The molecule has 156 valence electrons. The summed E-state index contributed by atoms with van der Waals surface area (Å²) in [6.07, 6.45) is 5.58. The van der Waals surface area contributed by atoms with Crippen LogP contribution in [-0.2, 0) is 11.3 Å². The summed E-state index contributed by atoms with van der Waals surface area (Å²) in [5.74, 6) is 1.00. The predicted molar refractivity (Wildman–Crippen MR) is 116 cm³/mol. The zero-order chi connectivity index (χ0) is 20.9. The lowest BCUT2D eigenvalue weighted by Gasteiger charge is -2.24. The number of aromatic nitrogens is 2. The highest BCUT2D eigenvalue weighted by Gasteiger charge is 2.21. The number of rotatable bonds is 6. The van der Waals surface area contributed by atoms with Gasteiger partial charge in [0.25, 0.3) is 5.91 Å². The molecule has 1 N–H and O–H groups in total. The summed E-state index contributed by atoms with van der Waals surface area (Å²) in [4.78, 5) is 21.7. The highest BCUT2D eigenvalue weighted by molar-refractivity contribution is 5.96. The molecule has 1 amide bonds. The lowest BCUT2D eigenvalue weighted by atomic mass is 9.89. The van der Waals surface area contributed by atoms with Crippen LogP contribution < -0.4 is 10.1 Å². The number of hydrogen-bond acceptors (Lipinski definition) is 5. The Hall–Kier alpha value is -2.99. The number of ether oxygens (including phenoxy) is 2. The minimum Gasteiger partial charge on any atom is -0.491 e. The fourth-order valence-electron chi connectivity index (χ4n) is 3.79. The van der Waals surface area contributed by atoms with Crippen molar-refractivity contribution in [3.8, 4) is 5.75 Å². The predicted octanol–water partition coefficient (Wildman–Crippen LogP) is 4.24. The van der Waals surface area contributed by atoms with Gasteiger partial charge in [0.05, 0.1) is 11.6 Å². The van der Waals surface area contributed by atoms with Gasteiger partial charge in [0.1, 0.15) is 11.4 Å². The zero-order valence-electron chi connectivity index (χ0n) is 17.4. The second-order valence-corrected chi connectivity index (χ2v) is 7.87. The summed E-state index contributed by atoms with van der Waals surface area (Å²) in [5.41, 5.74) is 3.38. The van der Waals surface area contributed by atoms with E-state index in [1.54, 1.807) is 6.20 Å². The van der Waals surface area contributed by atoms with Crippen molar-refractivity contribution in [1.82, 2.24) is 15.3 Å². The third kappa shape index (κ3) is 4.76. The Morgan fingerprint density at radius 1 is 1.20 bits per heavy atom. The fraction of sp³-hybridized carbons (Fsp3) is 0.375. The lowest BCUT2D eigenvalue weighted by Crippen LogP contribution is -2.24. The van der Waals surface area contributed by atoms with Gasteiger partial charge < -0.3 is 14.8 Å². The van der Waals surface area contributed by atoms with Crippen LogP contribution in [0.2, 0.25) is 0 Å². The molecule has 6 heteroatoms. The summed E-state index contributed by atoms with van der Waals surface area (Å²) < 4.78 is 11.2. The molecule has 2 aromatic heterocycles. The summed E-state index contributed by atoms with van der Waals surface area (Å²) in [7, 11) is 0. The number of nitrogens with zero attached hydrogens (tertiary/aromatic N) is 2. The lowest BCUT2D eigenvalue weighted by molar-refractivity contribution is 0.0855. The molecule has 4 rings (SSSR count). The maximum atomic E-state index is 12.9. The Labute approximate surface area is 176 Å². The highest BCUT2D eigenvalue weighted by Crippen LogP contribution is 2.32. The molecule has 0 spiro atoms. The average Bonchev–Trinajstić information content (AvgIpc) is 2.78. The van der Waals surface area contributed by atoms with Crippen LogP contribution in [0.1, 0.15) is 54.2 Å². The van der Waals surface area contributed by atoms with Crippen LogP contribution in [0.15, 0.2) is 48.8 Å². The number of hydrogen-bond donors (Lipinski definition) is 1. The van der Waals surface area contributed by atoms with Crippen molar-refractivity contribution in [2.75, 3.05) is 13.2 Å². The molecular formula is C24H27N3O3. The Morgan fingerprint density at radius 3 is 2.70 bits per heavy atom. The molecule has 1 aliphatic heterocycles. The molecule has 3 aromatic rings. The van der Waals surface area contributed by atoms with Crippen LogP contribution in [-0.4, -0.2) is 35.2 Å². The van der Waals surface area contributed by atoms with Crippen molar-refractivity contribution < 1.29 is 14.3 Å². The maximum Gasteiger partial charge on any atom is 0.270 e. The molecule has 0 unspecified atom stereocenters. The molecule has 0 saturated carbocycles. The molecule has 1 fully saturated rings. The summed E-state index contributed by atoms with van der Waals surface area (Å²) in [5, 5.41) is 4.00. The van der Waals surface area contributed by atoms with E-state index in [1.807, 2.05) is 56.4 Å². The van der Waals surface area contributed by atoms with Gasteiger partial charge in [0.2, 0.25) is 0 Å². The van der Waals surface area contributed by atoms with Gasteiger partial charge in [-0.15, -0.1) is 0 Å². The van der Waals surface area contributed by atoms with E-state index in [9.17, 15) is 4.79 Å². The van der Waals surface area contributed by atoms with Crippen molar-refractivity contribution in [2.45, 2.75) is 45.3 Å². The third-order valence-electron chi connectivity index (χ3n) is 5.28. The van der Waals surface area contributed by atoms with Crippen molar-refractivity contribution in [1.29, 1.82) is 0 Å². The van der Waals surface area contributed by atoms with Gasteiger partial charge in [0.15, 0.2) is 0 Å². The van der Waals surface area contributed by atoms with E-state index in [2.05, 4.69) is 15.3 Å². The number of amides is 1. The minimum absolute atomic E-state index is 0.134. The van der Waals surface area contributed by atoms with E-state index in [0.717, 1.165) is 53.8 Å². The van der Waals surface area contributed by atoms with Gasteiger partial charge in [-0.1, -0.05) is 12.1 Å². The first kappa shape index (κ1) is 20.3. The van der Waals surface area contributed by atoms with Gasteiger partial charge in [-0.2, -0.15) is 0 Å². The first-order chi connectivity index (χ1) is 14.6. The van der Waals surface area contributed by atoms with Crippen molar-refractivity contribution in [3.63, 3.8) is 0 Å². The molecule has 6 nitrogen and oxygen atoms in total. The second kappa shape index (κ2) is 9.22. The van der Waals surface area contributed by atoms with E-state index in [0.29, 0.717) is 18.2 Å². The van der Waals surface area contributed by atoms with Crippen LogP contribution in [0.5, 0.6) is 5.75 Å². The van der Waals surface area contributed by atoms with Crippen LogP contribution in [0, 0.1) is 0 Å². The minimum atomic E-state index is -0.176. The average molecular weight is 405 g/mol. The van der Waals surface area contributed by atoms with Crippen LogP contribution in [0.4, 0.5) is 0 Å². The van der Waals surface area contributed by atoms with Crippen LogP contribution in [0.25, 0.3) is 10.9 Å². The van der Waals surface area contributed by atoms with Gasteiger partial charge in [-0.25, -0.2) is 4.98 Å². The van der Waals surface area contributed by atoms with E-state index in [4.69, 9.17) is 9.47 Å². The fourth-order valence-corrected chi connectivity index (χ4v) is 3.79. The van der Waals surface area contributed by atoms with Gasteiger partial charge in [-0.05, 0) is 68.0 Å².